The van der Waals surface area contributed by atoms with E-state index in [9.17, 15) is 0 Å². The average Bonchev–Trinajstić information content (AvgIpc) is 2.19. The number of hydrogen-bond donors (Lipinski definition) is 1. The van der Waals surface area contributed by atoms with Gasteiger partial charge in [0, 0.05) is 24.6 Å². The van der Waals surface area contributed by atoms with Gasteiger partial charge in [-0.2, -0.15) is 11.8 Å². The third kappa shape index (κ3) is 5.55. The standard InChI is InChI=1S/C10H22N2S/c1-2-4-11-5-3-6-12-7-9-13-10-8-12/h11H,2-10H2,1H3. The molecule has 1 heterocycles. The first-order valence-corrected chi connectivity index (χ1v) is 6.59. The van der Waals surface area contributed by atoms with Gasteiger partial charge in [-0.05, 0) is 32.5 Å². The molecule has 3 heteroatoms. The highest BCUT2D eigenvalue weighted by molar-refractivity contribution is 7.99. The molecule has 1 aliphatic rings. The lowest BCUT2D eigenvalue weighted by atomic mass is 10.3. The van der Waals surface area contributed by atoms with Crippen molar-refractivity contribution in [2.24, 2.45) is 0 Å². The lowest BCUT2D eigenvalue weighted by Gasteiger charge is -2.25. The van der Waals surface area contributed by atoms with Crippen LogP contribution in [0.5, 0.6) is 0 Å². The molecule has 0 bridgehead atoms. The first kappa shape index (κ1) is 11.3. The largest absolute Gasteiger partial charge is 0.317 e. The van der Waals surface area contributed by atoms with Crippen LogP contribution in [0.4, 0.5) is 0 Å². The van der Waals surface area contributed by atoms with Crippen molar-refractivity contribution in [1.29, 1.82) is 0 Å². The predicted molar refractivity (Wildman–Crippen MR) is 61.5 cm³/mol. The zero-order valence-electron chi connectivity index (χ0n) is 8.72. The number of thioether (sulfide) groups is 1. The molecule has 1 saturated heterocycles. The van der Waals surface area contributed by atoms with Gasteiger partial charge in [-0.1, -0.05) is 6.92 Å². The summed E-state index contributed by atoms with van der Waals surface area (Å²) in [6, 6.07) is 0. The van der Waals surface area contributed by atoms with Crippen LogP contribution in [0, 0.1) is 0 Å². The topological polar surface area (TPSA) is 15.3 Å². The predicted octanol–water partition coefficient (Wildman–Crippen LogP) is 1.42. The van der Waals surface area contributed by atoms with Crippen LogP contribution in [0.1, 0.15) is 19.8 Å². The van der Waals surface area contributed by atoms with Gasteiger partial charge in [0.1, 0.15) is 0 Å². The molecule has 0 atom stereocenters. The SMILES string of the molecule is CCCNCCCN1CCSCC1. The fraction of sp³-hybridized carbons (Fsp3) is 1.00. The summed E-state index contributed by atoms with van der Waals surface area (Å²) in [4.78, 5) is 2.59. The van der Waals surface area contributed by atoms with Crippen molar-refractivity contribution in [3.05, 3.63) is 0 Å². The normalized spacial score (nSPS) is 19.2. The molecule has 78 valence electrons. The van der Waals surface area contributed by atoms with Crippen molar-refractivity contribution < 1.29 is 0 Å². The molecule has 0 aromatic carbocycles. The number of nitrogens with one attached hydrogen (secondary N) is 1. The van der Waals surface area contributed by atoms with Gasteiger partial charge in [0.15, 0.2) is 0 Å². The molecule has 0 unspecified atom stereocenters. The molecule has 1 fully saturated rings. The van der Waals surface area contributed by atoms with Crippen molar-refractivity contribution >= 4 is 11.8 Å². The quantitative estimate of drug-likeness (QED) is 0.656. The summed E-state index contributed by atoms with van der Waals surface area (Å²) in [6.45, 7) is 8.48. The van der Waals surface area contributed by atoms with Gasteiger partial charge < -0.3 is 10.2 Å². The van der Waals surface area contributed by atoms with E-state index < -0.39 is 0 Å². The lowest BCUT2D eigenvalue weighted by molar-refractivity contribution is 0.297. The monoisotopic (exact) mass is 202 g/mol. The minimum atomic E-state index is 1.18. The van der Waals surface area contributed by atoms with Crippen LogP contribution < -0.4 is 5.32 Å². The van der Waals surface area contributed by atoms with Gasteiger partial charge in [0.25, 0.3) is 0 Å². The van der Waals surface area contributed by atoms with Gasteiger partial charge >= 0.3 is 0 Å². The molecule has 0 radical (unpaired) electrons. The van der Waals surface area contributed by atoms with Crippen molar-refractivity contribution in [3.8, 4) is 0 Å². The second-order valence-corrected chi connectivity index (χ2v) is 4.78. The molecule has 1 aliphatic heterocycles. The third-order valence-corrected chi connectivity index (χ3v) is 3.30. The molecule has 0 amide bonds. The number of rotatable bonds is 6. The van der Waals surface area contributed by atoms with Gasteiger partial charge in [0.05, 0.1) is 0 Å². The average molecular weight is 202 g/mol. The second-order valence-electron chi connectivity index (χ2n) is 3.56. The molecular formula is C10H22N2S. The molecule has 1 N–H and O–H groups in total. The molecular weight excluding hydrogens is 180 g/mol. The van der Waals surface area contributed by atoms with Crippen molar-refractivity contribution in [1.82, 2.24) is 10.2 Å². The smallest absolute Gasteiger partial charge is 0.00727 e. The Bertz CT molecular complexity index is 113. The van der Waals surface area contributed by atoms with E-state index in [1.807, 2.05) is 0 Å². The van der Waals surface area contributed by atoms with Crippen LogP contribution in [0.15, 0.2) is 0 Å². The summed E-state index contributed by atoms with van der Waals surface area (Å²) >= 11 is 2.09. The first-order chi connectivity index (χ1) is 6.43. The zero-order chi connectivity index (χ0) is 9.36. The van der Waals surface area contributed by atoms with Crippen LogP contribution in [0.25, 0.3) is 0 Å². The van der Waals surface area contributed by atoms with E-state index in [0.29, 0.717) is 0 Å². The number of nitrogens with zero attached hydrogens (tertiary/aromatic N) is 1. The van der Waals surface area contributed by atoms with Crippen LogP contribution >= 0.6 is 11.8 Å². The molecule has 2 nitrogen and oxygen atoms in total. The summed E-state index contributed by atoms with van der Waals surface area (Å²) in [6.07, 6.45) is 2.56. The Morgan fingerprint density at radius 1 is 1.23 bits per heavy atom. The Morgan fingerprint density at radius 2 is 2.00 bits per heavy atom. The third-order valence-electron chi connectivity index (χ3n) is 2.36. The molecule has 1 rings (SSSR count). The lowest BCUT2D eigenvalue weighted by Crippen LogP contribution is -2.34. The highest BCUT2D eigenvalue weighted by Gasteiger charge is 2.08. The van der Waals surface area contributed by atoms with E-state index in [-0.39, 0.29) is 0 Å². The fourth-order valence-electron chi connectivity index (χ4n) is 1.55. The van der Waals surface area contributed by atoms with Gasteiger partial charge in [-0.25, -0.2) is 0 Å². The molecule has 0 aromatic heterocycles. The van der Waals surface area contributed by atoms with E-state index in [4.69, 9.17) is 0 Å². The van der Waals surface area contributed by atoms with Crippen molar-refractivity contribution in [3.63, 3.8) is 0 Å². The molecule has 0 aromatic rings. The van der Waals surface area contributed by atoms with E-state index in [1.165, 1.54) is 57.1 Å². The van der Waals surface area contributed by atoms with Crippen LogP contribution in [-0.4, -0.2) is 49.1 Å². The van der Waals surface area contributed by atoms with E-state index >= 15 is 0 Å². The Kier molecular flexibility index (Phi) is 6.68. The highest BCUT2D eigenvalue weighted by atomic mass is 32.2. The van der Waals surface area contributed by atoms with E-state index in [0.717, 1.165) is 0 Å². The van der Waals surface area contributed by atoms with Crippen molar-refractivity contribution in [2.45, 2.75) is 19.8 Å². The maximum Gasteiger partial charge on any atom is 0.00727 e. The molecule has 0 aliphatic carbocycles. The highest BCUT2D eigenvalue weighted by Crippen LogP contribution is 2.08. The van der Waals surface area contributed by atoms with E-state index in [1.54, 1.807) is 0 Å². The first-order valence-electron chi connectivity index (χ1n) is 5.44. The maximum atomic E-state index is 3.44. The Balaban J connectivity index is 1.86. The fourth-order valence-corrected chi connectivity index (χ4v) is 2.53. The summed E-state index contributed by atoms with van der Waals surface area (Å²) < 4.78 is 0. The molecule has 13 heavy (non-hydrogen) atoms. The van der Waals surface area contributed by atoms with Crippen molar-refractivity contribution in [2.75, 3.05) is 44.2 Å². The second kappa shape index (κ2) is 7.65. The van der Waals surface area contributed by atoms with Crippen LogP contribution in [-0.2, 0) is 0 Å². The minimum Gasteiger partial charge on any atom is -0.317 e. The van der Waals surface area contributed by atoms with Gasteiger partial charge in [-0.3, -0.25) is 0 Å². The molecule has 0 spiro atoms. The van der Waals surface area contributed by atoms with Crippen LogP contribution in [0.3, 0.4) is 0 Å². The van der Waals surface area contributed by atoms with E-state index in [2.05, 4.69) is 28.9 Å². The molecule has 0 saturated carbocycles. The van der Waals surface area contributed by atoms with Gasteiger partial charge in [-0.15, -0.1) is 0 Å². The summed E-state index contributed by atoms with van der Waals surface area (Å²) in [5.74, 6) is 2.67. The Hall–Kier alpha value is 0.270. The Morgan fingerprint density at radius 3 is 2.69 bits per heavy atom. The minimum absolute atomic E-state index is 1.18. The van der Waals surface area contributed by atoms with Gasteiger partial charge in [0.2, 0.25) is 0 Å². The summed E-state index contributed by atoms with van der Waals surface area (Å²) in [5, 5.41) is 3.44. The number of hydrogen-bond acceptors (Lipinski definition) is 3. The zero-order valence-corrected chi connectivity index (χ0v) is 9.54. The summed E-state index contributed by atoms with van der Waals surface area (Å²) in [7, 11) is 0. The summed E-state index contributed by atoms with van der Waals surface area (Å²) in [5.41, 5.74) is 0. The van der Waals surface area contributed by atoms with Crippen LogP contribution in [0.2, 0.25) is 0 Å². The Labute approximate surface area is 86.5 Å². The maximum absolute atomic E-state index is 3.44.